The van der Waals surface area contributed by atoms with Crippen molar-refractivity contribution in [2.24, 2.45) is 0 Å². The molecule has 218 valence electrons. The summed E-state index contributed by atoms with van der Waals surface area (Å²) in [6.07, 6.45) is 1.36. The fraction of sp³-hybridized carbons (Fsp3) is 0.171. The molecule has 0 fully saturated rings. The van der Waals surface area contributed by atoms with Crippen LogP contribution in [0.25, 0.3) is 22.1 Å². The van der Waals surface area contributed by atoms with Gasteiger partial charge in [0, 0.05) is 25.8 Å². The van der Waals surface area contributed by atoms with E-state index in [4.69, 9.17) is 9.15 Å². The van der Waals surface area contributed by atoms with Crippen LogP contribution in [0.4, 0.5) is 4.39 Å². The van der Waals surface area contributed by atoms with Gasteiger partial charge >= 0.3 is 0 Å². The summed E-state index contributed by atoms with van der Waals surface area (Å²) in [5.74, 6) is -1.11. The average molecular weight is 579 g/mol. The summed E-state index contributed by atoms with van der Waals surface area (Å²) < 4.78 is 24.5. The summed E-state index contributed by atoms with van der Waals surface area (Å²) in [6.45, 7) is 0.213. The molecule has 0 radical (unpaired) electrons. The zero-order valence-corrected chi connectivity index (χ0v) is 23.7. The van der Waals surface area contributed by atoms with E-state index in [1.54, 1.807) is 48.5 Å². The Kier molecular flexibility index (Phi) is 9.39. The number of methoxy groups -OCH3 is 1. The lowest BCUT2D eigenvalue weighted by Gasteiger charge is -2.28. The number of hydrogen-bond donors (Lipinski definition) is 0. The van der Waals surface area contributed by atoms with E-state index >= 15 is 0 Å². The molecule has 2 amide bonds. The maximum atomic E-state index is 13.8. The summed E-state index contributed by atoms with van der Waals surface area (Å²) in [5.41, 5.74) is 3.60. The monoisotopic (exact) mass is 578 g/mol. The Bertz CT molecular complexity index is 1750. The molecular formula is C35H31FN2O5. The lowest BCUT2D eigenvalue weighted by atomic mass is 10.0. The number of para-hydroxylation sites is 1. The van der Waals surface area contributed by atoms with Crippen LogP contribution in [0.15, 0.2) is 119 Å². The molecule has 0 spiro atoms. The van der Waals surface area contributed by atoms with Crippen LogP contribution in [-0.4, -0.2) is 48.4 Å². The summed E-state index contributed by atoms with van der Waals surface area (Å²) in [5, 5.41) is 0.407. The first kappa shape index (κ1) is 29.4. The summed E-state index contributed by atoms with van der Waals surface area (Å²) in [4.78, 5) is 43.6. The van der Waals surface area contributed by atoms with Crippen molar-refractivity contribution in [1.29, 1.82) is 0 Å². The molecule has 1 aromatic heterocycles. The Morgan fingerprint density at radius 3 is 2.19 bits per heavy atom. The third-order valence-electron chi connectivity index (χ3n) is 7.17. The molecule has 43 heavy (non-hydrogen) atoms. The van der Waals surface area contributed by atoms with Gasteiger partial charge in [-0.25, -0.2) is 4.39 Å². The minimum atomic E-state index is -0.397. The SMILES string of the molecule is COCCN(CC(=O)N(Cc1ccc(F)cc1)Cc1coc2ccccc2c1=O)C(=O)c1ccc(-c2ccccc2)cc1. The Labute approximate surface area is 248 Å². The number of carbonyl (C=O) groups excluding carboxylic acids is 2. The molecule has 0 aliphatic rings. The number of rotatable bonds is 11. The van der Waals surface area contributed by atoms with Crippen molar-refractivity contribution < 1.29 is 23.1 Å². The van der Waals surface area contributed by atoms with Crippen LogP contribution < -0.4 is 5.43 Å². The molecule has 8 heteroatoms. The quantitative estimate of drug-likeness (QED) is 0.195. The zero-order valence-electron chi connectivity index (χ0n) is 23.7. The molecule has 0 unspecified atom stereocenters. The van der Waals surface area contributed by atoms with E-state index in [-0.39, 0.29) is 50.0 Å². The van der Waals surface area contributed by atoms with Crippen molar-refractivity contribution in [2.75, 3.05) is 26.8 Å². The minimum Gasteiger partial charge on any atom is -0.464 e. The second kappa shape index (κ2) is 13.7. The summed E-state index contributed by atoms with van der Waals surface area (Å²) in [6, 6.07) is 29.8. The molecule has 7 nitrogen and oxygen atoms in total. The molecule has 5 aromatic rings. The van der Waals surface area contributed by atoms with Crippen molar-refractivity contribution in [1.82, 2.24) is 9.80 Å². The van der Waals surface area contributed by atoms with Gasteiger partial charge in [0.1, 0.15) is 17.9 Å². The second-order valence-corrected chi connectivity index (χ2v) is 10.1. The van der Waals surface area contributed by atoms with Gasteiger partial charge in [0.15, 0.2) is 5.43 Å². The highest BCUT2D eigenvalue weighted by Crippen LogP contribution is 2.20. The number of amides is 2. The topological polar surface area (TPSA) is 80.1 Å². The van der Waals surface area contributed by atoms with Crippen LogP contribution in [0.1, 0.15) is 21.5 Å². The Morgan fingerprint density at radius 1 is 0.791 bits per heavy atom. The number of benzene rings is 4. The van der Waals surface area contributed by atoms with Crippen LogP contribution in [0.5, 0.6) is 0 Å². The van der Waals surface area contributed by atoms with Crippen molar-refractivity contribution >= 4 is 22.8 Å². The van der Waals surface area contributed by atoms with Gasteiger partial charge in [0.25, 0.3) is 5.91 Å². The summed E-state index contributed by atoms with van der Waals surface area (Å²) >= 11 is 0. The van der Waals surface area contributed by atoms with E-state index in [0.717, 1.165) is 11.1 Å². The third-order valence-corrected chi connectivity index (χ3v) is 7.17. The van der Waals surface area contributed by atoms with Crippen molar-refractivity contribution in [2.45, 2.75) is 13.1 Å². The maximum absolute atomic E-state index is 13.8. The molecule has 0 bridgehead atoms. The van der Waals surface area contributed by atoms with Gasteiger partial charge in [0.05, 0.1) is 30.4 Å². The second-order valence-electron chi connectivity index (χ2n) is 10.1. The van der Waals surface area contributed by atoms with E-state index in [2.05, 4.69) is 0 Å². The molecule has 0 saturated carbocycles. The zero-order chi connectivity index (χ0) is 30.2. The molecular weight excluding hydrogens is 547 g/mol. The normalized spacial score (nSPS) is 10.9. The van der Waals surface area contributed by atoms with Crippen molar-refractivity contribution in [3.63, 3.8) is 0 Å². The van der Waals surface area contributed by atoms with E-state index in [1.165, 1.54) is 35.3 Å². The van der Waals surface area contributed by atoms with E-state index in [1.807, 2.05) is 42.5 Å². The van der Waals surface area contributed by atoms with E-state index in [9.17, 15) is 18.8 Å². The number of fused-ring (bicyclic) bond motifs is 1. The van der Waals surface area contributed by atoms with E-state index < -0.39 is 5.82 Å². The smallest absolute Gasteiger partial charge is 0.254 e. The fourth-order valence-electron chi connectivity index (χ4n) is 4.81. The predicted octanol–water partition coefficient (Wildman–Crippen LogP) is 5.92. The van der Waals surface area contributed by atoms with Crippen LogP contribution in [0, 0.1) is 5.82 Å². The lowest BCUT2D eigenvalue weighted by molar-refractivity contribution is -0.133. The number of carbonyl (C=O) groups is 2. The Balaban J connectivity index is 1.40. The van der Waals surface area contributed by atoms with Gasteiger partial charge < -0.3 is 19.0 Å². The molecule has 0 aliphatic carbocycles. The standard InChI is InChI=1S/C35H31FN2O5/c1-42-20-19-37(35(41)28-15-13-27(14-16-28)26-7-3-2-4-8-26)23-33(39)38(21-25-11-17-30(36)18-12-25)22-29-24-43-32-10-6-5-9-31(32)34(29)40/h2-18,24H,19-23H2,1H3. The molecule has 0 saturated heterocycles. The van der Waals surface area contributed by atoms with Crippen LogP contribution in [0.3, 0.4) is 0 Å². The van der Waals surface area contributed by atoms with Gasteiger partial charge in [-0.1, -0.05) is 66.7 Å². The molecule has 0 aliphatic heterocycles. The highest BCUT2D eigenvalue weighted by atomic mass is 19.1. The van der Waals surface area contributed by atoms with Crippen molar-refractivity contribution in [3.8, 4) is 11.1 Å². The average Bonchev–Trinajstić information content (AvgIpc) is 3.05. The Morgan fingerprint density at radius 2 is 1.47 bits per heavy atom. The van der Waals surface area contributed by atoms with Crippen LogP contribution >= 0.6 is 0 Å². The minimum absolute atomic E-state index is 0.0541. The van der Waals surface area contributed by atoms with Crippen LogP contribution in [-0.2, 0) is 22.6 Å². The largest absolute Gasteiger partial charge is 0.464 e. The van der Waals surface area contributed by atoms with E-state index in [0.29, 0.717) is 27.7 Å². The Hall–Kier alpha value is -5.08. The third kappa shape index (κ3) is 7.23. The van der Waals surface area contributed by atoms with Gasteiger partial charge in [-0.05, 0) is 53.1 Å². The number of halogens is 1. The fourth-order valence-corrected chi connectivity index (χ4v) is 4.81. The first-order chi connectivity index (χ1) is 20.9. The van der Waals surface area contributed by atoms with Gasteiger partial charge in [-0.3, -0.25) is 14.4 Å². The molecule has 4 aromatic carbocycles. The van der Waals surface area contributed by atoms with Gasteiger partial charge in [-0.15, -0.1) is 0 Å². The maximum Gasteiger partial charge on any atom is 0.254 e. The lowest BCUT2D eigenvalue weighted by Crippen LogP contribution is -2.44. The van der Waals surface area contributed by atoms with Crippen LogP contribution in [0.2, 0.25) is 0 Å². The van der Waals surface area contributed by atoms with Gasteiger partial charge in [-0.2, -0.15) is 0 Å². The molecule has 5 rings (SSSR count). The van der Waals surface area contributed by atoms with Gasteiger partial charge in [0.2, 0.25) is 5.91 Å². The summed E-state index contributed by atoms with van der Waals surface area (Å²) in [7, 11) is 1.53. The highest BCUT2D eigenvalue weighted by Gasteiger charge is 2.24. The highest BCUT2D eigenvalue weighted by molar-refractivity contribution is 5.97. The predicted molar refractivity (Wildman–Crippen MR) is 163 cm³/mol. The number of nitrogens with zero attached hydrogens (tertiary/aromatic N) is 2. The number of ether oxygens (including phenoxy) is 1. The first-order valence-corrected chi connectivity index (χ1v) is 13.9. The molecule has 0 N–H and O–H groups in total. The number of hydrogen-bond acceptors (Lipinski definition) is 5. The van der Waals surface area contributed by atoms with Crippen molar-refractivity contribution in [3.05, 3.63) is 142 Å². The first-order valence-electron chi connectivity index (χ1n) is 13.9. The molecule has 0 atom stereocenters. The molecule has 1 heterocycles.